The molecule has 0 amide bonds. The minimum Gasteiger partial charge on any atom is -0.388 e. The Hall–Kier alpha value is -0.380. The number of halogens is 5. The van der Waals surface area contributed by atoms with Crippen molar-refractivity contribution < 1.29 is 22.7 Å². The van der Waals surface area contributed by atoms with Gasteiger partial charge in [0.2, 0.25) is 5.88 Å². The van der Waals surface area contributed by atoms with Crippen LogP contribution in [0.2, 0.25) is 0 Å². The molecule has 0 aliphatic rings. The average molecular weight is 410 g/mol. The van der Waals surface area contributed by atoms with Gasteiger partial charge >= 0.3 is 6.36 Å². The number of rotatable bonds is 3. The van der Waals surface area contributed by atoms with E-state index >= 15 is 0 Å². The minimum atomic E-state index is -4.81. The number of ether oxygens (including phenoxy) is 1. The third-order valence-corrected chi connectivity index (χ3v) is 3.02. The van der Waals surface area contributed by atoms with Gasteiger partial charge in [-0.15, -0.1) is 13.2 Å². The SMILES string of the molecule is O=Cc1cc(OC(F)(F)F)nc(I)c1CBr. The number of hydrogen-bond acceptors (Lipinski definition) is 3. The van der Waals surface area contributed by atoms with E-state index in [4.69, 9.17) is 0 Å². The molecule has 8 heteroatoms. The van der Waals surface area contributed by atoms with Gasteiger partial charge in [0.15, 0.2) is 6.29 Å². The van der Waals surface area contributed by atoms with Crippen LogP contribution in [0, 0.1) is 3.70 Å². The van der Waals surface area contributed by atoms with Gasteiger partial charge in [0.05, 0.1) is 0 Å². The lowest BCUT2D eigenvalue weighted by Crippen LogP contribution is -2.18. The molecule has 1 heterocycles. The van der Waals surface area contributed by atoms with E-state index in [0.717, 1.165) is 6.07 Å². The van der Waals surface area contributed by atoms with E-state index in [1.54, 1.807) is 22.6 Å². The number of carbonyl (C=O) groups is 1. The molecular formula is C8H4BrF3INO2. The summed E-state index contributed by atoms with van der Waals surface area (Å²) in [5.41, 5.74) is 0.653. The summed E-state index contributed by atoms with van der Waals surface area (Å²) in [6, 6.07) is 0.958. The van der Waals surface area contributed by atoms with Crippen LogP contribution >= 0.6 is 38.5 Å². The van der Waals surface area contributed by atoms with E-state index in [2.05, 4.69) is 25.7 Å². The van der Waals surface area contributed by atoms with E-state index in [0.29, 0.717) is 20.9 Å². The minimum absolute atomic E-state index is 0.121. The molecule has 0 fully saturated rings. The summed E-state index contributed by atoms with van der Waals surface area (Å²) in [5.74, 6) is -0.635. The molecule has 1 aromatic rings. The van der Waals surface area contributed by atoms with Crippen LogP contribution in [0.15, 0.2) is 6.07 Å². The van der Waals surface area contributed by atoms with Crippen LogP contribution in [0.5, 0.6) is 5.88 Å². The highest BCUT2D eigenvalue weighted by atomic mass is 127. The molecule has 0 radical (unpaired) electrons. The molecule has 1 rings (SSSR count). The Morgan fingerprint density at radius 2 is 2.19 bits per heavy atom. The van der Waals surface area contributed by atoms with Crippen molar-refractivity contribution in [3.8, 4) is 5.88 Å². The second-order valence-electron chi connectivity index (χ2n) is 2.62. The first-order valence-corrected chi connectivity index (χ1v) is 6.03. The number of nitrogens with zero attached hydrogens (tertiary/aromatic N) is 1. The topological polar surface area (TPSA) is 39.2 Å². The number of carbonyl (C=O) groups excluding carboxylic acids is 1. The van der Waals surface area contributed by atoms with Gasteiger partial charge < -0.3 is 4.74 Å². The molecule has 16 heavy (non-hydrogen) atoms. The first-order valence-electron chi connectivity index (χ1n) is 3.83. The van der Waals surface area contributed by atoms with Crippen LogP contribution < -0.4 is 4.74 Å². The van der Waals surface area contributed by atoms with Crippen molar-refractivity contribution in [2.75, 3.05) is 0 Å². The highest BCUT2D eigenvalue weighted by Gasteiger charge is 2.32. The van der Waals surface area contributed by atoms with Crippen molar-refractivity contribution in [3.05, 3.63) is 20.9 Å². The third kappa shape index (κ3) is 3.58. The Morgan fingerprint density at radius 1 is 1.56 bits per heavy atom. The van der Waals surface area contributed by atoms with E-state index < -0.39 is 12.2 Å². The molecule has 0 N–H and O–H groups in total. The molecule has 0 saturated carbocycles. The normalized spacial score (nSPS) is 11.3. The first kappa shape index (κ1) is 13.7. The predicted molar refractivity (Wildman–Crippen MR) is 61.7 cm³/mol. The summed E-state index contributed by atoms with van der Waals surface area (Å²) in [6.45, 7) is 0. The van der Waals surface area contributed by atoms with Crippen LogP contribution in [0.3, 0.4) is 0 Å². The molecule has 0 aliphatic carbocycles. The Labute approximate surface area is 111 Å². The lowest BCUT2D eigenvalue weighted by Gasteiger charge is -2.10. The zero-order valence-electron chi connectivity index (χ0n) is 7.52. The van der Waals surface area contributed by atoms with Crippen molar-refractivity contribution in [2.24, 2.45) is 0 Å². The van der Waals surface area contributed by atoms with Crippen molar-refractivity contribution in [2.45, 2.75) is 11.7 Å². The third-order valence-electron chi connectivity index (χ3n) is 1.57. The van der Waals surface area contributed by atoms with Crippen molar-refractivity contribution in [1.82, 2.24) is 4.98 Å². The fraction of sp³-hybridized carbons (Fsp3) is 0.250. The van der Waals surface area contributed by atoms with Gasteiger partial charge in [-0.1, -0.05) is 15.9 Å². The summed E-state index contributed by atoms with van der Waals surface area (Å²) in [6.07, 6.45) is -4.35. The van der Waals surface area contributed by atoms with E-state index in [-0.39, 0.29) is 5.56 Å². The van der Waals surface area contributed by atoms with Crippen LogP contribution in [0.1, 0.15) is 15.9 Å². The average Bonchev–Trinajstić information content (AvgIpc) is 2.14. The van der Waals surface area contributed by atoms with Crippen molar-refractivity contribution in [1.29, 1.82) is 0 Å². The Balaban J connectivity index is 3.15. The molecule has 0 spiro atoms. The number of pyridine rings is 1. The highest BCUT2D eigenvalue weighted by Crippen LogP contribution is 2.26. The van der Waals surface area contributed by atoms with Gasteiger partial charge in [0.25, 0.3) is 0 Å². The zero-order chi connectivity index (χ0) is 12.3. The molecule has 0 saturated heterocycles. The molecule has 0 bridgehead atoms. The quantitative estimate of drug-likeness (QED) is 0.333. The fourth-order valence-electron chi connectivity index (χ4n) is 0.944. The molecule has 88 valence electrons. The first-order chi connectivity index (χ1) is 7.37. The maximum Gasteiger partial charge on any atom is 0.574 e. The van der Waals surface area contributed by atoms with Gasteiger partial charge in [-0.2, -0.15) is 0 Å². The highest BCUT2D eigenvalue weighted by molar-refractivity contribution is 14.1. The lowest BCUT2D eigenvalue weighted by atomic mass is 10.2. The van der Waals surface area contributed by atoms with Crippen LogP contribution in [0.4, 0.5) is 13.2 Å². The summed E-state index contributed by atoms with van der Waals surface area (Å²) >= 11 is 4.86. The summed E-state index contributed by atoms with van der Waals surface area (Å²) in [4.78, 5) is 14.3. The van der Waals surface area contributed by atoms with Gasteiger partial charge in [-0.25, -0.2) is 4.98 Å². The molecule has 0 aromatic carbocycles. The number of hydrogen-bond donors (Lipinski definition) is 0. The fourth-order valence-corrected chi connectivity index (χ4v) is 2.80. The summed E-state index contributed by atoms with van der Waals surface area (Å²) in [7, 11) is 0. The van der Waals surface area contributed by atoms with Crippen molar-refractivity contribution in [3.63, 3.8) is 0 Å². The second kappa shape index (κ2) is 5.30. The Bertz CT molecular complexity index is 411. The van der Waals surface area contributed by atoms with E-state index in [1.807, 2.05) is 0 Å². The largest absolute Gasteiger partial charge is 0.574 e. The Kier molecular flexibility index (Phi) is 4.53. The maximum atomic E-state index is 11.9. The van der Waals surface area contributed by atoms with Gasteiger partial charge in [0, 0.05) is 22.5 Å². The summed E-state index contributed by atoms with van der Waals surface area (Å²) in [5, 5.41) is 0.332. The molecule has 0 aliphatic heterocycles. The molecular weight excluding hydrogens is 406 g/mol. The van der Waals surface area contributed by atoms with Crippen molar-refractivity contribution >= 4 is 44.8 Å². The number of aromatic nitrogens is 1. The van der Waals surface area contributed by atoms with Gasteiger partial charge in [-0.3, -0.25) is 4.79 Å². The van der Waals surface area contributed by atoms with E-state index in [1.165, 1.54) is 0 Å². The lowest BCUT2D eigenvalue weighted by molar-refractivity contribution is -0.276. The number of aldehydes is 1. The van der Waals surface area contributed by atoms with E-state index in [9.17, 15) is 18.0 Å². The summed E-state index contributed by atoms with van der Waals surface area (Å²) < 4.78 is 39.7. The zero-order valence-corrected chi connectivity index (χ0v) is 11.3. The Morgan fingerprint density at radius 3 is 2.62 bits per heavy atom. The molecule has 0 unspecified atom stereocenters. The van der Waals surface area contributed by atoms with Gasteiger partial charge in [-0.05, 0) is 22.6 Å². The molecule has 3 nitrogen and oxygen atoms in total. The smallest absolute Gasteiger partial charge is 0.388 e. The maximum absolute atomic E-state index is 11.9. The monoisotopic (exact) mass is 409 g/mol. The molecule has 1 aromatic heterocycles. The number of alkyl halides is 4. The standard InChI is InChI=1S/C8H4BrF3INO2/c9-2-5-4(3-15)1-6(14-7(5)13)16-8(10,11)12/h1,3H,2H2. The van der Waals surface area contributed by atoms with Crippen LogP contribution in [0.25, 0.3) is 0 Å². The predicted octanol–water partition coefficient (Wildman–Crippen LogP) is 3.29. The molecule has 0 atom stereocenters. The van der Waals surface area contributed by atoms with Crippen LogP contribution in [-0.2, 0) is 5.33 Å². The van der Waals surface area contributed by atoms with Crippen LogP contribution in [-0.4, -0.2) is 17.6 Å². The van der Waals surface area contributed by atoms with Gasteiger partial charge in [0.1, 0.15) is 3.70 Å². The second-order valence-corrected chi connectivity index (χ2v) is 4.20.